The summed E-state index contributed by atoms with van der Waals surface area (Å²) in [6.45, 7) is 23.2. The Kier molecular flexibility index (Phi) is 15.8. The molecule has 5 aliphatic rings. The van der Waals surface area contributed by atoms with Crippen LogP contribution in [0.3, 0.4) is 0 Å². The zero-order valence-corrected chi connectivity index (χ0v) is 43.7. The van der Waals surface area contributed by atoms with Gasteiger partial charge in [0.1, 0.15) is 28.7 Å². The second kappa shape index (κ2) is 20.5. The number of esters is 1. The number of carbonyl (C=O) groups excluding carboxylic acids is 8. The van der Waals surface area contributed by atoms with Gasteiger partial charge in [-0.25, -0.2) is 24.2 Å². The van der Waals surface area contributed by atoms with E-state index in [9.17, 15) is 33.6 Å². The summed E-state index contributed by atoms with van der Waals surface area (Å²) in [5, 5.41) is 9.56. The fraction of sp³-hybridized carbons (Fsp3) is 0.638. The molecule has 3 heterocycles. The van der Waals surface area contributed by atoms with E-state index in [0.29, 0.717) is 23.5 Å². The van der Waals surface area contributed by atoms with Crippen LogP contribution >= 0.6 is 23.1 Å². The van der Waals surface area contributed by atoms with E-state index in [1.54, 1.807) is 81.4 Å². The number of aldehydes is 1. The fourth-order valence-corrected chi connectivity index (χ4v) is 10.8. The molecule has 1 aromatic carbocycles. The van der Waals surface area contributed by atoms with E-state index >= 15 is 4.79 Å². The van der Waals surface area contributed by atoms with E-state index in [1.807, 2.05) is 6.92 Å². The summed E-state index contributed by atoms with van der Waals surface area (Å²) in [6.07, 6.45) is -0.353. The topological polar surface area (TPSA) is 247 Å². The molecule has 70 heavy (non-hydrogen) atoms. The number of imide groups is 1. The molecule has 2 aromatic rings. The first-order chi connectivity index (χ1) is 32.4. The van der Waals surface area contributed by atoms with Crippen molar-refractivity contribution in [2.45, 2.75) is 155 Å². The number of piperazine rings is 1. The molecule has 6 amide bonds. The molecular weight excluding hydrogens is 947 g/mol. The summed E-state index contributed by atoms with van der Waals surface area (Å²) in [5.41, 5.74) is -3.78. The first kappa shape index (κ1) is 54.1. The molecule has 0 spiro atoms. The second-order valence-electron chi connectivity index (χ2n) is 21.6. The Morgan fingerprint density at radius 1 is 0.943 bits per heavy atom. The van der Waals surface area contributed by atoms with Crippen LogP contribution in [0.1, 0.15) is 131 Å². The predicted molar refractivity (Wildman–Crippen MR) is 258 cm³/mol. The highest BCUT2D eigenvalue weighted by Crippen LogP contribution is 2.65. The quantitative estimate of drug-likeness (QED) is 0.0348. The van der Waals surface area contributed by atoms with Gasteiger partial charge in [0.25, 0.3) is 0 Å². The molecule has 7 rings (SSSR count). The van der Waals surface area contributed by atoms with Crippen LogP contribution in [0.4, 0.5) is 19.5 Å². The average molecular weight is 1010 g/mol. The monoisotopic (exact) mass is 1010 g/mol. The van der Waals surface area contributed by atoms with Gasteiger partial charge in [-0.05, 0) is 124 Å². The number of aromatic nitrogens is 1. The van der Waals surface area contributed by atoms with Crippen LogP contribution in [0.2, 0.25) is 0 Å². The van der Waals surface area contributed by atoms with Crippen molar-refractivity contribution in [2.24, 2.45) is 17.3 Å². The summed E-state index contributed by atoms with van der Waals surface area (Å²) in [4.78, 5) is 114. The number of nitrogens with one attached hydrogen (secondary N) is 3. The van der Waals surface area contributed by atoms with Crippen LogP contribution in [-0.4, -0.2) is 130 Å². The van der Waals surface area contributed by atoms with Crippen LogP contribution in [-0.2, 0) is 49.1 Å². The van der Waals surface area contributed by atoms with Crippen LogP contribution in [0.15, 0.2) is 22.4 Å². The number of nitrogens with zero attached hydrogens (tertiary/aromatic N) is 3. The number of amides is 6. The standard InChI is InChI=1S/C47H65BN6O14S2/c1-14-53-17-18-54(37(58)36(53)57)40(60)51-33(27-24-70-39(49-27)52-41(61)65-44(5,6)7)35(56)50-31(48-67-30-23-26-22-29(46(26,11)12)47(30,13)68-48)21-25-15-16-28(69-20-19-55)32(38(59)64-43(2,3)4)34(25)63-42(62)66-45(8,9)10/h15-16,19,24,26,29-31,33H,14,17-18,20-23H2,1-13H3,(H,50,56)(H,51,60)(H,49,52,61)/t26-,29-,30+,31-,33?,47-/m0/s1. The number of hydrogen-bond donors (Lipinski definition) is 3. The third-order valence-electron chi connectivity index (χ3n) is 12.6. The zero-order chi connectivity index (χ0) is 51.9. The molecule has 2 bridgehead atoms. The molecule has 5 fully saturated rings. The second-order valence-corrected chi connectivity index (χ2v) is 23.5. The number of hydrogen-bond acceptors (Lipinski definition) is 17. The summed E-state index contributed by atoms with van der Waals surface area (Å²) in [5.74, 6) is -4.78. The number of urea groups is 1. The molecule has 3 aliphatic carbocycles. The normalized spacial score (nSPS) is 22.8. The minimum Gasteiger partial charge on any atom is -0.456 e. The number of anilines is 1. The van der Waals surface area contributed by atoms with E-state index in [2.05, 4.69) is 34.8 Å². The van der Waals surface area contributed by atoms with Crippen molar-refractivity contribution in [1.29, 1.82) is 0 Å². The first-order valence-electron chi connectivity index (χ1n) is 23.3. The molecule has 6 atom stereocenters. The van der Waals surface area contributed by atoms with E-state index < -0.39 is 83.5 Å². The van der Waals surface area contributed by atoms with E-state index in [0.717, 1.165) is 29.5 Å². The van der Waals surface area contributed by atoms with Crippen molar-refractivity contribution < 1.29 is 66.6 Å². The Labute approximate surface area is 416 Å². The van der Waals surface area contributed by atoms with Gasteiger partial charge in [0, 0.05) is 29.9 Å². The molecular formula is C47H65BN6O14S2. The van der Waals surface area contributed by atoms with Crippen LogP contribution in [0.25, 0.3) is 0 Å². The number of ether oxygens (including phenoxy) is 4. The highest BCUT2D eigenvalue weighted by Gasteiger charge is 2.68. The van der Waals surface area contributed by atoms with Crippen molar-refractivity contribution in [2.75, 3.05) is 30.7 Å². The average Bonchev–Trinajstić information content (AvgIpc) is 3.84. The molecule has 1 unspecified atom stereocenters. The van der Waals surface area contributed by atoms with Gasteiger partial charge in [-0.2, -0.15) is 0 Å². The lowest BCUT2D eigenvalue weighted by atomic mass is 9.43. The Morgan fingerprint density at radius 2 is 1.61 bits per heavy atom. The van der Waals surface area contributed by atoms with Gasteiger partial charge in [0.15, 0.2) is 16.9 Å². The van der Waals surface area contributed by atoms with Crippen molar-refractivity contribution >= 4 is 83.6 Å². The Morgan fingerprint density at radius 3 is 2.23 bits per heavy atom. The zero-order valence-electron chi connectivity index (χ0n) is 42.1. The minimum absolute atomic E-state index is 0.0165. The molecule has 3 N–H and O–H groups in total. The van der Waals surface area contributed by atoms with E-state index in [4.69, 9.17) is 28.3 Å². The van der Waals surface area contributed by atoms with Gasteiger partial charge >= 0.3 is 43.2 Å². The minimum atomic E-state index is -1.67. The van der Waals surface area contributed by atoms with Crippen molar-refractivity contribution in [3.05, 3.63) is 34.3 Å². The van der Waals surface area contributed by atoms with Crippen molar-refractivity contribution in [1.82, 2.24) is 25.4 Å². The van der Waals surface area contributed by atoms with Crippen LogP contribution in [0, 0.1) is 17.3 Å². The molecule has 2 saturated heterocycles. The maximum absolute atomic E-state index is 15.1. The SMILES string of the molecule is CCN1CCN(C(=O)NC(C(=O)N[C@@H](Cc2ccc(SCC=O)c(C(=O)OC(C)(C)C)c2OC(=O)OC(C)(C)C)B2O[C@@H]3C[C@@H]4C[C@@H](C4(C)C)[C@]3(C)O2)c2csc(NC(=O)OC(C)(C)C)n2)C(=O)C1=O. The fourth-order valence-electron chi connectivity index (χ4n) is 9.31. The third-order valence-corrected chi connectivity index (χ3v) is 14.4. The predicted octanol–water partition coefficient (Wildman–Crippen LogP) is 6.49. The highest BCUT2D eigenvalue weighted by molar-refractivity contribution is 8.00. The Hall–Kier alpha value is -5.26. The van der Waals surface area contributed by atoms with E-state index in [-0.39, 0.29) is 81.8 Å². The van der Waals surface area contributed by atoms with Crippen LogP contribution < -0.4 is 20.7 Å². The van der Waals surface area contributed by atoms with Gasteiger partial charge < -0.3 is 48.6 Å². The molecule has 382 valence electrons. The number of benzene rings is 1. The lowest BCUT2D eigenvalue weighted by molar-refractivity contribution is -0.199. The number of likely N-dealkylation sites (N-methyl/N-ethyl adjacent to an activating group) is 1. The molecule has 2 aliphatic heterocycles. The van der Waals surface area contributed by atoms with Gasteiger partial charge in [-0.15, -0.1) is 23.1 Å². The molecule has 0 radical (unpaired) electrons. The lowest BCUT2D eigenvalue weighted by Crippen LogP contribution is -2.65. The number of carbonyl (C=O) groups is 8. The largest absolute Gasteiger partial charge is 0.514 e. The summed E-state index contributed by atoms with van der Waals surface area (Å²) in [6, 6.07) is 0.423. The molecule has 3 saturated carbocycles. The number of rotatable bonds is 14. The molecule has 20 nitrogen and oxygen atoms in total. The molecule has 1 aromatic heterocycles. The van der Waals surface area contributed by atoms with Crippen LogP contribution in [0.5, 0.6) is 5.75 Å². The summed E-state index contributed by atoms with van der Waals surface area (Å²) >= 11 is 1.95. The highest BCUT2D eigenvalue weighted by atomic mass is 32.2. The van der Waals surface area contributed by atoms with Gasteiger partial charge in [-0.3, -0.25) is 24.6 Å². The van der Waals surface area contributed by atoms with Gasteiger partial charge in [0.05, 0.1) is 29.1 Å². The summed E-state index contributed by atoms with van der Waals surface area (Å²) in [7, 11) is -1.17. The van der Waals surface area contributed by atoms with Gasteiger partial charge in [-0.1, -0.05) is 19.9 Å². The van der Waals surface area contributed by atoms with Gasteiger partial charge in [0.2, 0.25) is 5.91 Å². The van der Waals surface area contributed by atoms with Crippen molar-refractivity contribution in [3.63, 3.8) is 0 Å². The van der Waals surface area contributed by atoms with E-state index in [1.165, 1.54) is 10.3 Å². The third kappa shape index (κ3) is 12.2. The molecule has 23 heteroatoms. The number of thioether (sulfide) groups is 1. The first-order valence-corrected chi connectivity index (χ1v) is 25.2. The Balaban J connectivity index is 1.44. The Bertz CT molecular complexity index is 2390. The smallest absolute Gasteiger partial charge is 0.456 e. The maximum Gasteiger partial charge on any atom is 0.514 e. The summed E-state index contributed by atoms with van der Waals surface area (Å²) < 4.78 is 36.4. The lowest BCUT2D eigenvalue weighted by Gasteiger charge is -2.64. The van der Waals surface area contributed by atoms with Crippen molar-refractivity contribution in [3.8, 4) is 5.75 Å². The maximum atomic E-state index is 15.1. The number of thiazole rings is 1.